The molecule has 0 radical (unpaired) electrons. The number of nitrogens with zero attached hydrogens (tertiary/aromatic N) is 3. The second-order valence-electron chi connectivity index (χ2n) is 5.47. The Bertz CT molecular complexity index is 608. The van der Waals surface area contributed by atoms with Crippen LogP contribution in [0.1, 0.15) is 36.3 Å². The van der Waals surface area contributed by atoms with Crippen LogP contribution in [0.4, 0.5) is 5.82 Å². The Balaban J connectivity index is 2.19. The van der Waals surface area contributed by atoms with Crippen LogP contribution in [-0.4, -0.2) is 14.5 Å². The summed E-state index contributed by atoms with van der Waals surface area (Å²) in [6.45, 7) is 7.25. The monoisotopic (exact) mass is 244 g/mol. The fourth-order valence-corrected chi connectivity index (χ4v) is 2.83. The highest BCUT2D eigenvalue weighted by Crippen LogP contribution is 2.33. The van der Waals surface area contributed by atoms with Crippen molar-refractivity contribution < 1.29 is 0 Å². The first-order valence-electron chi connectivity index (χ1n) is 6.67. The Morgan fingerprint density at radius 1 is 1.22 bits per heavy atom. The summed E-state index contributed by atoms with van der Waals surface area (Å²) in [7, 11) is 0. The molecule has 4 heteroatoms. The molecule has 2 aromatic heterocycles. The minimum absolute atomic E-state index is 0.616. The molecule has 1 aliphatic rings. The number of fused-ring (bicyclic) bond motifs is 1. The van der Waals surface area contributed by atoms with Crippen LogP contribution >= 0.6 is 0 Å². The molecule has 0 amide bonds. The lowest BCUT2D eigenvalue weighted by Crippen LogP contribution is -2.19. The van der Waals surface area contributed by atoms with Gasteiger partial charge in [-0.05, 0) is 45.1 Å². The quantitative estimate of drug-likeness (QED) is 0.883. The van der Waals surface area contributed by atoms with Crippen LogP contribution in [0.3, 0.4) is 0 Å². The van der Waals surface area contributed by atoms with Crippen molar-refractivity contribution in [3.63, 3.8) is 0 Å². The third kappa shape index (κ3) is 1.59. The summed E-state index contributed by atoms with van der Waals surface area (Å²) < 4.78 is 2.33. The molecule has 4 nitrogen and oxygen atoms in total. The van der Waals surface area contributed by atoms with Crippen molar-refractivity contribution in [2.45, 2.75) is 46.6 Å². The van der Waals surface area contributed by atoms with E-state index < -0.39 is 0 Å². The molecule has 2 N–H and O–H groups in total. The zero-order valence-electron chi connectivity index (χ0n) is 11.3. The molecule has 2 heterocycles. The number of aryl methyl sites for hydroxylation is 2. The van der Waals surface area contributed by atoms with Crippen LogP contribution in [0.25, 0.3) is 11.0 Å². The summed E-state index contributed by atoms with van der Waals surface area (Å²) in [5.41, 5.74) is 9.57. The van der Waals surface area contributed by atoms with E-state index in [1.54, 1.807) is 0 Å². The van der Waals surface area contributed by atoms with Gasteiger partial charge in [0, 0.05) is 12.2 Å². The van der Waals surface area contributed by atoms with Crippen LogP contribution in [0.2, 0.25) is 0 Å². The van der Waals surface area contributed by atoms with E-state index in [0.717, 1.165) is 29.3 Å². The van der Waals surface area contributed by atoms with Crippen LogP contribution in [0.15, 0.2) is 0 Å². The van der Waals surface area contributed by atoms with Gasteiger partial charge in [-0.15, -0.1) is 0 Å². The Morgan fingerprint density at radius 3 is 2.56 bits per heavy atom. The summed E-state index contributed by atoms with van der Waals surface area (Å²) in [4.78, 5) is 8.89. The maximum absolute atomic E-state index is 6.05. The van der Waals surface area contributed by atoms with Crippen LogP contribution in [0.5, 0.6) is 0 Å². The normalized spacial score (nSPS) is 16.2. The van der Waals surface area contributed by atoms with Gasteiger partial charge in [-0.3, -0.25) is 0 Å². The third-order valence-corrected chi connectivity index (χ3v) is 4.27. The molecule has 0 atom stereocenters. The van der Waals surface area contributed by atoms with Crippen molar-refractivity contribution in [3.8, 4) is 0 Å². The van der Waals surface area contributed by atoms with E-state index in [1.165, 1.54) is 30.5 Å². The van der Waals surface area contributed by atoms with E-state index in [1.807, 2.05) is 6.92 Å². The Hall–Kier alpha value is -1.58. The van der Waals surface area contributed by atoms with Crippen molar-refractivity contribution in [1.82, 2.24) is 14.5 Å². The molecule has 96 valence electrons. The SMILES string of the molecule is Cc1nc(N)c2c(C)c(C)n(CC3CCC3)c2n1. The molecule has 0 saturated heterocycles. The number of nitrogens with two attached hydrogens (primary N) is 1. The van der Waals surface area contributed by atoms with Crippen molar-refractivity contribution in [3.05, 3.63) is 17.1 Å². The number of hydrogen-bond acceptors (Lipinski definition) is 3. The van der Waals surface area contributed by atoms with E-state index in [0.29, 0.717) is 5.82 Å². The van der Waals surface area contributed by atoms with Gasteiger partial charge in [0.25, 0.3) is 0 Å². The van der Waals surface area contributed by atoms with Gasteiger partial charge in [-0.2, -0.15) is 0 Å². The van der Waals surface area contributed by atoms with Gasteiger partial charge in [0.1, 0.15) is 17.3 Å². The zero-order chi connectivity index (χ0) is 12.9. The first kappa shape index (κ1) is 11.5. The zero-order valence-corrected chi connectivity index (χ0v) is 11.3. The maximum atomic E-state index is 6.05. The van der Waals surface area contributed by atoms with E-state index in [4.69, 9.17) is 5.73 Å². The van der Waals surface area contributed by atoms with Crippen molar-refractivity contribution >= 4 is 16.9 Å². The van der Waals surface area contributed by atoms with E-state index in [-0.39, 0.29) is 0 Å². The second-order valence-corrected chi connectivity index (χ2v) is 5.47. The molecule has 2 aromatic rings. The summed E-state index contributed by atoms with van der Waals surface area (Å²) in [5, 5.41) is 1.04. The van der Waals surface area contributed by atoms with Crippen LogP contribution in [0, 0.1) is 26.7 Å². The average Bonchev–Trinajstić information content (AvgIpc) is 2.47. The van der Waals surface area contributed by atoms with Gasteiger partial charge in [-0.1, -0.05) is 6.42 Å². The molecule has 18 heavy (non-hydrogen) atoms. The molecule has 1 saturated carbocycles. The average molecular weight is 244 g/mol. The molecule has 1 aliphatic carbocycles. The van der Waals surface area contributed by atoms with E-state index in [2.05, 4.69) is 28.4 Å². The van der Waals surface area contributed by atoms with Crippen LogP contribution in [-0.2, 0) is 6.54 Å². The predicted molar refractivity (Wildman–Crippen MR) is 73.5 cm³/mol. The largest absolute Gasteiger partial charge is 0.383 e. The minimum Gasteiger partial charge on any atom is -0.383 e. The fraction of sp³-hybridized carbons (Fsp3) is 0.571. The van der Waals surface area contributed by atoms with Gasteiger partial charge in [0.05, 0.1) is 5.39 Å². The summed E-state index contributed by atoms with van der Waals surface area (Å²) in [6.07, 6.45) is 4.06. The molecule has 0 aliphatic heterocycles. The topological polar surface area (TPSA) is 56.7 Å². The lowest BCUT2D eigenvalue weighted by molar-refractivity contribution is 0.277. The lowest BCUT2D eigenvalue weighted by Gasteiger charge is -2.26. The van der Waals surface area contributed by atoms with Crippen molar-refractivity contribution in [2.75, 3.05) is 5.73 Å². The predicted octanol–water partition coefficient (Wildman–Crippen LogP) is 2.74. The highest BCUT2D eigenvalue weighted by Gasteiger charge is 2.22. The first-order chi connectivity index (χ1) is 8.58. The molecular formula is C14H20N4. The number of hydrogen-bond donors (Lipinski definition) is 1. The second kappa shape index (κ2) is 3.97. The van der Waals surface area contributed by atoms with Gasteiger partial charge < -0.3 is 10.3 Å². The Morgan fingerprint density at radius 2 is 1.94 bits per heavy atom. The number of anilines is 1. The summed E-state index contributed by atoms with van der Waals surface area (Å²) >= 11 is 0. The van der Waals surface area contributed by atoms with Gasteiger partial charge >= 0.3 is 0 Å². The van der Waals surface area contributed by atoms with Crippen molar-refractivity contribution in [2.24, 2.45) is 5.92 Å². The van der Waals surface area contributed by atoms with Crippen molar-refractivity contribution in [1.29, 1.82) is 0 Å². The fourth-order valence-electron chi connectivity index (χ4n) is 2.83. The van der Waals surface area contributed by atoms with E-state index >= 15 is 0 Å². The number of rotatable bonds is 2. The third-order valence-electron chi connectivity index (χ3n) is 4.27. The molecular weight excluding hydrogens is 224 g/mol. The molecule has 0 unspecified atom stereocenters. The molecule has 3 rings (SSSR count). The Labute approximate surface area is 107 Å². The lowest BCUT2D eigenvalue weighted by atomic mass is 9.85. The summed E-state index contributed by atoms with van der Waals surface area (Å²) in [5.74, 6) is 2.19. The number of nitrogen functional groups attached to an aromatic ring is 1. The maximum Gasteiger partial charge on any atom is 0.146 e. The Kier molecular flexibility index (Phi) is 2.54. The molecule has 0 spiro atoms. The molecule has 0 aromatic carbocycles. The summed E-state index contributed by atoms with van der Waals surface area (Å²) in [6, 6.07) is 0. The van der Waals surface area contributed by atoms with Gasteiger partial charge in [0.15, 0.2) is 0 Å². The minimum atomic E-state index is 0.616. The van der Waals surface area contributed by atoms with Gasteiger partial charge in [-0.25, -0.2) is 9.97 Å². The smallest absolute Gasteiger partial charge is 0.146 e. The molecule has 0 bridgehead atoms. The first-order valence-corrected chi connectivity index (χ1v) is 6.67. The highest BCUT2D eigenvalue weighted by molar-refractivity contribution is 5.91. The number of aromatic nitrogens is 3. The molecule has 1 fully saturated rings. The standard InChI is InChI=1S/C14H20N4/c1-8-9(2)18(7-11-5-4-6-11)14-12(8)13(15)16-10(3)17-14/h11H,4-7H2,1-3H3,(H2,15,16,17). The highest BCUT2D eigenvalue weighted by atomic mass is 15.1. The van der Waals surface area contributed by atoms with E-state index in [9.17, 15) is 0 Å². The van der Waals surface area contributed by atoms with Gasteiger partial charge in [0.2, 0.25) is 0 Å². The van der Waals surface area contributed by atoms with Crippen LogP contribution < -0.4 is 5.73 Å².